The van der Waals surface area contributed by atoms with E-state index in [1.165, 1.54) is 11.1 Å². The second kappa shape index (κ2) is 5.76. The van der Waals surface area contributed by atoms with Crippen LogP contribution in [0, 0.1) is 0 Å². The topological polar surface area (TPSA) is 33.5 Å². The highest BCUT2D eigenvalue weighted by atomic mass is 16.3. The molecule has 0 atom stereocenters. The average Bonchev–Trinajstić information content (AvgIpc) is 3.10. The van der Waals surface area contributed by atoms with Gasteiger partial charge in [-0.15, -0.1) is 0 Å². The van der Waals surface area contributed by atoms with Crippen LogP contribution in [0.2, 0.25) is 0 Å². The molecule has 3 aromatic rings. The highest BCUT2D eigenvalue weighted by Crippen LogP contribution is 2.24. The van der Waals surface area contributed by atoms with Crippen molar-refractivity contribution in [3.8, 4) is 0 Å². The van der Waals surface area contributed by atoms with Gasteiger partial charge < -0.3 is 9.32 Å². The van der Waals surface area contributed by atoms with Crippen LogP contribution in [-0.4, -0.2) is 23.9 Å². The van der Waals surface area contributed by atoms with Crippen LogP contribution in [0.3, 0.4) is 0 Å². The Balaban J connectivity index is 1.53. The number of carbonyl (C=O) groups excluding carboxylic acids is 1. The first kappa shape index (κ1) is 13.8. The van der Waals surface area contributed by atoms with Gasteiger partial charge in [-0.1, -0.05) is 36.4 Å². The quantitative estimate of drug-likeness (QED) is 0.704. The number of amides is 1. The highest BCUT2D eigenvalue weighted by Gasteiger charge is 2.19. The van der Waals surface area contributed by atoms with Gasteiger partial charge in [-0.2, -0.15) is 0 Å². The van der Waals surface area contributed by atoms with E-state index in [0.717, 1.165) is 29.5 Å². The van der Waals surface area contributed by atoms with Gasteiger partial charge in [0, 0.05) is 24.0 Å². The van der Waals surface area contributed by atoms with Gasteiger partial charge >= 0.3 is 0 Å². The van der Waals surface area contributed by atoms with Crippen LogP contribution in [0.1, 0.15) is 22.3 Å². The van der Waals surface area contributed by atoms with Gasteiger partial charge in [-0.05, 0) is 41.8 Å². The second-order valence-electron chi connectivity index (χ2n) is 5.77. The zero-order valence-corrected chi connectivity index (χ0v) is 12.7. The van der Waals surface area contributed by atoms with Crippen LogP contribution in [0.4, 0.5) is 0 Å². The lowest BCUT2D eigenvalue weighted by molar-refractivity contribution is 0.0773. The van der Waals surface area contributed by atoms with Gasteiger partial charge in [0.25, 0.3) is 5.91 Å². The number of rotatable bonds is 2. The molecule has 0 bridgehead atoms. The molecule has 3 nitrogen and oxygen atoms in total. The summed E-state index contributed by atoms with van der Waals surface area (Å²) in [5, 5.41) is 0.966. The molecule has 0 unspecified atom stereocenters. The minimum absolute atomic E-state index is 0.0801. The van der Waals surface area contributed by atoms with Crippen molar-refractivity contribution in [1.82, 2.24) is 4.90 Å². The van der Waals surface area contributed by atoms with Crippen molar-refractivity contribution >= 4 is 22.4 Å². The molecule has 0 fully saturated rings. The van der Waals surface area contributed by atoms with Gasteiger partial charge in [-0.25, -0.2) is 0 Å². The molecule has 3 heteroatoms. The monoisotopic (exact) mass is 303 g/mol. The summed E-state index contributed by atoms with van der Waals surface area (Å²) in [5.41, 5.74) is 4.10. The van der Waals surface area contributed by atoms with Crippen molar-refractivity contribution < 1.29 is 9.21 Å². The van der Waals surface area contributed by atoms with Gasteiger partial charge in [0.2, 0.25) is 0 Å². The molecule has 1 amide bonds. The molecule has 0 spiro atoms. The van der Waals surface area contributed by atoms with E-state index in [2.05, 4.69) is 18.2 Å². The van der Waals surface area contributed by atoms with Crippen LogP contribution < -0.4 is 0 Å². The Kier molecular flexibility index (Phi) is 3.46. The fourth-order valence-corrected chi connectivity index (χ4v) is 3.05. The predicted molar refractivity (Wildman–Crippen MR) is 91.2 cm³/mol. The zero-order valence-electron chi connectivity index (χ0n) is 12.7. The largest absolute Gasteiger partial charge is 0.464 e. The number of nitrogens with zero attached hydrogens (tertiary/aromatic N) is 1. The Morgan fingerprint density at radius 3 is 2.70 bits per heavy atom. The van der Waals surface area contributed by atoms with Crippen molar-refractivity contribution in [2.75, 3.05) is 13.1 Å². The normalized spacial score (nSPS) is 14.8. The van der Waals surface area contributed by atoms with E-state index in [-0.39, 0.29) is 5.91 Å². The maximum atomic E-state index is 12.7. The molecule has 1 aliphatic heterocycles. The smallest absolute Gasteiger partial charge is 0.254 e. The zero-order chi connectivity index (χ0) is 15.6. The van der Waals surface area contributed by atoms with Crippen molar-refractivity contribution in [2.24, 2.45) is 0 Å². The SMILES string of the molecule is O=C(c1ccc2occc2c1)N1CC=C(c2ccccc2)CC1. The summed E-state index contributed by atoms with van der Waals surface area (Å²) in [6.07, 6.45) is 4.70. The van der Waals surface area contributed by atoms with Gasteiger partial charge in [0.1, 0.15) is 5.58 Å². The Hall–Kier alpha value is -2.81. The first-order valence-corrected chi connectivity index (χ1v) is 7.82. The molecule has 4 rings (SSSR count). The molecular weight excluding hydrogens is 286 g/mol. The predicted octanol–water partition coefficient (Wildman–Crippen LogP) is 4.36. The molecule has 0 saturated heterocycles. The van der Waals surface area contributed by atoms with Gasteiger partial charge in [0.05, 0.1) is 6.26 Å². The number of fused-ring (bicyclic) bond motifs is 1. The van der Waals surface area contributed by atoms with Crippen LogP contribution in [0.15, 0.2) is 71.4 Å². The van der Waals surface area contributed by atoms with Crippen molar-refractivity contribution in [1.29, 1.82) is 0 Å². The second-order valence-corrected chi connectivity index (χ2v) is 5.77. The summed E-state index contributed by atoms with van der Waals surface area (Å²) in [6, 6.07) is 17.8. The summed E-state index contributed by atoms with van der Waals surface area (Å²) in [5.74, 6) is 0.0801. The molecule has 23 heavy (non-hydrogen) atoms. The minimum Gasteiger partial charge on any atom is -0.464 e. The summed E-state index contributed by atoms with van der Waals surface area (Å²) in [7, 11) is 0. The van der Waals surface area contributed by atoms with Crippen LogP contribution in [-0.2, 0) is 0 Å². The molecule has 0 saturated carbocycles. The number of furan rings is 1. The molecule has 0 N–H and O–H groups in total. The van der Waals surface area contributed by atoms with E-state index in [1.54, 1.807) is 6.26 Å². The van der Waals surface area contributed by atoms with Crippen LogP contribution >= 0.6 is 0 Å². The number of carbonyl (C=O) groups is 1. The Bertz CT molecular complexity index is 877. The van der Waals surface area contributed by atoms with Crippen molar-refractivity contribution in [2.45, 2.75) is 6.42 Å². The van der Waals surface area contributed by atoms with E-state index in [9.17, 15) is 4.79 Å². The third kappa shape index (κ3) is 2.66. The van der Waals surface area contributed by atoms with E-state index in [1.807, 2.05) is 47.4 Å². The summed E-state index contributed by atoms with van der Waals surface area (Å²) < 4.78 is 5.33. The lowest BCUT2D eigenvalue weighted by Gasteiger charge is -2.26. The van der Waals surface area contributed by atoms with Gasteiger partial charge in [0.15, 0.2) is 0 Å². The molecule has 2 aromatic carbocycles. The molecule has 2 heterocycles. The number of benzene rings is 2. The number of hydrogen-bond acceptors (Lipinski definition) is 2. The van der Waals surface area contributed by atoms with Crippen LogP contribution in [0.5, 0.6) is 0 Å². The van der Waals surface area contributed by atoms with E-state index >= 15 is 0 Å². The maximum Gasteiger partial charge on any atom is 0.254 e. The lowest BCUT2D eigenvalue weighted by Crippen LogP contribution is -2.34. The van der Waals surface area contributed by atoms with Crippen LogP contribution in [0.25, 0.3) is 16.5 Å². The molecule has 0 aliphatic carbocycles. The first-order chi connectivity index (χ1) is 11.3. The minimum atomic E-state index is 0.0801. The van der Waals surface area contributed by atoms with Crippen molar-refractivity contribution in [3.05, 3.63) is 78.1 Å². The molecule has 1 aromatic heterocycles. The average molecular weight is 303 g/mol. The highest BCUT2D eigenvalue weighted by molar-refractivity contribution is 5.98. The first-order valence-electron chi connectivity index (χ1n) is 7.82. The third-order valence-electron chi connectivity index (χ3n) is 4.34. The Morgan fingerprint density at radius 1 is 1.04 bits per heavy atom. The third-order valence-corrected chi connectivity index (χ3v) is 4.34. The lowest BCUT2D eigenvalue weighted by atomic mass is 9.99. The van der Waals surface area contributed by atoms with Gasteiger partial charge in [-0.3, -0.25) is 4.79 Å². The standard InChI is InChI=1S/C20H17NO2/c22-20(18-6-7-19-17(14-18)10-13-23-19)21-11-8-16(9-12-21)15-4-2-1-3-5-15/h1-8,10,13-14H,9,11-12H2. The summed E-state index contributed by atoms with van der Waals surface area (Å²) >= 11 is 0. The molecular formula is C20H17NO2. The summed E-state index contributed by atoms with van der Waals surface area (Å²) in [6.45, 7) is 1.41. The fraction of sp³-hybridized carbons (Fsp3) is 0.150. The molecule has 114 valence electrons. The van der Waals surface area contributed by atoms with Crippen molar-refractivity contribution in [3.63, 3.8) is 0 Å². The van der Waals surface area contributed by atoms with E-state index in [4.69, 9.17) is 4.42 Å². The summed E-state index contributed by atoms with van der Waals surface area (Å²) in [4.78, 5) is 14.6. The van der Waals surface area contributed by atoms with E-state index in [0.29, 0.717) is 6.54 Å². The molecule has 1 aliphatic rings. The Labute approximate surface area is 134 Å². The number of hydrogen-bond donors (Lipinski definition) is 0. The van der Waals surface area contributed by atoms with E-state index < -0.39 is 0 Å². The maximum absolute atomic E-state index is 12.7. The molecule has 0 radical (unpaired) electrons. The Morgan fingerprint density at radius 2 is 1.91 bits per heavy atom. The fourth-order valence-electron chi connectivity index (χ4n) is 3.05.